The standard InChI is InChI=1S/C14H10N2O2S/c15-9-11-7-4-8-16-13(11)19-12(14(17)18)10-5-2-1-3-6-10/h1-8,12H,(H,17,18)/t12-/m1/s1. The minimum atomic E-state index is -0.953. The average molecular weight is 270 g/mol. The number of hydrogen-bond donors (Lipinski definition) is 1. The normalized spacial score (nSPS) is 11.5. The molecule has 5 heteroatoms. The van der Waals surface area contributed by atoms with E-state index < -0.39 is 11.2 Å². The SMILES string of the molecule is N#Cc1cccnc1S[C@@H](C(=O)O)c1ccccc1. The number of thioether (sulfide) groups is 1. The van der Waals surface area contributed by atoms with Crippen molar-refractivity contribution < 1.29 is 9.90 Å². The van der Waals surface area contributed by atoms with Crippen molar-refractivity contribution in [3.8, 4) is 6.07 Å². The molecule has 2 rings (SSSR count). The number of hydrogen-bond acceptors (Lipinski definition) is 4. The molecule has 0 saturated carbocycles. The van der Waals surface area contributed by atoms with Gasteiger partial charge in [0.25, 0.3) is 0 Å². The van der Waals surface area contributed by atoms with Crippen molar-refractivity contribution in [1.29, 1.82) is 5.26 Å². The molecule has 0 aliphatic rings. The molecule has 1 aromatic heterocycles. The molecule has 19 heavy (non-hydrogen) atoms. The van der Waals surface area contributed by atoms with Crippen molar-refractivity contribution in [3.05, 3.63) is 59.8 Å². The highest BCUT2D eigenvalue weighted by Gasteiger charge is 2.22. The van der Waals surface area contributed by atoms with E-state index in [9.17, 15) is 9.90 Å². The summed E-state index contributed by atoms with van der Waals surface area (Å²) in [5, 5.41) is 18.0. The molecule has 0 fully saturated rings. The Morgan fingerprint density at radius 1 is 1.26 bits per heavy atom. The molecule has 1 aromatic carbocycles. The molecule has 1 N–H and O–H groups in total. The molecule has 1 heterocycles. The minimum Gasteiger partial charge on any atom is -0.480 e. The number of pyridine rings is 1. The second-order valence-electron chi connectivity index (χ2n) is 3.71. The molecule has 0 saturated heterocycles. The fraction of sp³-hybridized carbons (Fsp3) is 0.0714. The van der Waals surface area contributed by atoms with Crippen LogP contribution in [0.15, 0.2) is 53.7 Å². The number of carboxylic acid groups (broad SMARTS) is 1. The summed E-state index contributed by atoms with van der Waals surface area (Å²) in [5.74, 6) is -0.953. The lowest BCUT2D eigenvalue weighted by Crippen LogP contribution is -2.08. The molecule has 0 bridgehead atoms. The maximum absolute atomic E-state index is 11.4. The highest BCUT2D eigenvalue weighted by molar-refractivity contribution is 8.00. The highest BCUT2D eigenvalue weighted by atomic mass is 32.2. The zero-order valence-corrected chi connectivity index (χ0v) is 10.7. The van der Waals surface area contributed by atoms with Crippen LogP contribution in [0.5, 0.6) is 0 Å². The van der Waals surface area contributed by atoms with Gasteiger partial charge in [-0.3, -0.25) is 4.79 Å². The van der Waals surface area contributed by atoms with E-state index in [1.807, 2.05) is 12.1 Å². The number of benzene rings is 1. The summed E-state index contributed by atoms with van der Waals surface area (Å²) in [4.78, 5) is 15.4. The number of rotatable bonds is 4. The van der Waals surface area contributed by atoms with Gasteiger partial charge >= 0.3 is 5.97 Å². The second kappa shape index (κ2) is 6.03. The fourth-order valence-corrected chi connectivity index (χ4v) is 2.55. The lowest BCUT2D eigenvalue weighted by Gasteiger charge is -2.12. The number of aliphatic carboxylic acids is 1. The van der Waals surface area contributed by atoms with Gasteiger partial charge in [-0.2, -0.15) is 5.26 Å². The number of carboxylic acids is 1. The van der Waals surface area contributed by atoms with Crippen LogP contribution in [0.1, 0.15) is 16.4 Å². The third-order valence-corrected chi connectivity index (χ3v) is 3.71. The Labute approximate surface area is 114 Å². The molecule has 0 aliphatic carbocycles. The Bertz CT molecular complexity index is 623. The Morgan fingerprint density at radius 2 is 2.00 bits per heavy atom. The van der Waals surface area contributed by atoms with Gasteiger partial charge in [-0.15, -0.1) is 0 Å². The average Bonchev–Trinajstić information content (AvgIpc) is 2.45. The van der Waals surface area contributed by atoms with Crippen LogP contribution in [0.2, 0.25) is 0 Å². The predicted molar refractivity (Wildman–Crippen MR) is 71.6 cm³/mol. The van der Waals surface area contributed by atoms with Crippen LogP contribution in [0, 0.1) is 11.3 Å². The maximum Gasteiger partial charge on any atom is 0.321 e. The lowest BCUT2D eigenvalue weighted by atomic mass is 10.1. The summed E-state index contributed by atoms with van der Waals surface area (Å²) in [7, 11) is 0. The molecule has 0 spiro atoms. The van der Waals surface area contributed by atoms with E-state index in [-0.39, 0.29) is 0 Å². The molecule has 0 amide bonds. The van der Waals surface area contributed by atoms with Crippen LogP contribution < -0.4 is 0 Å². The van der Waals surface area contributed by atoms with Crippen molar-refractivity contribution in [2.45, 2.75) is 10.3 Å². The number of nitrogens with zero attached hydrogens (tertiary/aromatic N) is 2. The van der Waals surface area contributed by atoms with Gasteiger partial charge in [0.15, 0.2) is 0 Å². The Morgan fingerprint density at radius 3 is 2.63 bits per heavy atom. The highest BCUT2D eigenvalue weighted by Crippen LogP contribution is 2.35. The number of aromatic nitrogens is 1. The maximum atomic E-state index is 11.4. The van der Waals surface area contributed by atoms with Gasteiger partial charge < -0.3 is 5.11 Å². The smallest absolute Gasteiger partial charge is 0.321 e. The molecule has 0 radical (unpaired) electrons. The van der Waals surface area contributed by atoms with E-state index >= 15 is 0 Å². The summed E-state index contributed by atoms with van der Waals surface area (Å²) in [6, 6.07) is 14.2. The second-order valence-corrected chi connectivity index (χ2v) is 4.81. The molecule has 0 unspecified atom stereocenters. The minimum absolute atomic E-state index is 0.384. The van der Waals surface area contributed by atoms with Gasteiger partial charge in [-0.1, -0.05) is 42.1 Å². The van der Waals surface area contributed by atoms with E-state index in [2.05, 4.69) is 4.98 Å². The van der Waals surface area contributed by atoms with Crippen LogP contribution in [-0.2, 0) is 4.79 Å². The van der Waals surface area contributed by atoms with E-state index in [0.717, 1.165) is 11.8 Å². The molecule has 1 atom stereocenters. The number of carbonyl (C=O) groups is 1. The summed E-state index contributed by atoms with van der Waals surface area (Å²) in [6.07, 6.45) is 1.55. The van der Waals surface area contributed by atoms with Gasteiger partial charge in [-0.25, -0.2) is 4.98 Å². The summed E-state index contributed by atoms with van der Waals surface area (Å²) < 4.78 is 0. The molecule has 0 aliphatic heterocycles. The number of nitriles is 1. The van der Waals surface area contributed by atoms with Gasteiger partial charge in [0, 0.05) is 6.20 Å². The van der Waals surface area contributed by atoms with E-state index in [1.165, 1.54) is 0 Å². The van der Waals surface area contributed by atoms with Crippen molar-refractivity contribution >= 4 is 17.7 Å². The lowest BCUT2D eigenvalue weighted by molar-refractivity contribution is -0.136. The van der Waals surface area contributed by atoms with Crippen molar-refractivity contribution in [3.63, 3.8) is 0 Å². The first-order valence-corrected chi connectivity index (χ1v) is 6.40. The third kappa shape index (κ3) is 3.12. The van der Waals surface area contributed by atoms with Gasteiger partial charge in [0.1, 0.15) is 16.3 Å². The Balaban J connectivity index is 2.33. The Hall–Kier alpha value is -2.32. The predicted octanol–water partition coefficient (Wildman–Crippen LogP) is 2.87. The monoisotopic (exact) mass is 270 g/mol. The van der Waals surface area contributed by atoms with Crippen LogP contribution in [0.25, 0.3) is 0 Å². The molecule has 4 nitrogen and oxygen atoms in total. The van der Waals surface area contributed by atoms with Crippen LogP contribution in [0.4, 0.5) is 0 Å². The van der Waals surface area contributed by atoms with Crippen molar-refractivity contribution in [2.24, 2.45) is 0 Å². The van der Waals surface area contributed by atoms with E-state index in [1.54, 1.807) is 42.6 Å². The van der Waals surface area contributed by atoms with Crippen molar-refractivity contribution in [1.82, 2.24) is 4.98 Å². The van der Waals surface area contributed by atoms with Crippen LogP contribution >= 0.6 is 11.8 Å². The van der Waals surface area contributed by atoms with E-state index in [4.69, 9.17) is 5.26 Å². The summed E-state index contributed by atoms with van der Waals surface area (Å²) >= 11 is 1.07. The van der Waals surface area contributed by atoms with Crippen LogP contribution in [-0.4, -0.2) is 16.1 Å². The van der Waals surface area contributed by atoms with Crippen molar-refractivity contribution in [2.75, 3.05) is 0 Å². The van der Waals surface area contributed by atoms with E-state index in [0.29, 0.717) is 16.2 Å². The fourth-order valence-electron chi connectivity index (χ4n) is 1.57. The topological polar surface area (TPSA) is 74.0 Å². The molecule has 94 valence electrons. The third-order valence-electron chi connectivity index (χ3n) is 2.45. The first-order valence-electron chi connectivity index (χ1n) is 5.52. The molecular formula is C14H10N2O2S. The zero-order chi connectivity index (χ0) is 13.7. The quantitative estimate of drug-likeness (QED) is 0.865. The van der Waals surface area contributed by atoms with Gasteiger partial charge in [0.05, 0.1) is 5.56 Å². The molecule has 2 aromatic rings. The zero-order valence-electron chi connectivity index (χ0n) is 9.85. The first kappa shape index (κ1) is 13.1. The summed E-state index contributed by atoms with van der Waals surface area (Å²) in [6.45, 7) is 0. The summed E-state index contributed by atoms with van der Waals surface area (Å²) in [5.41, 5.74) is 1.06. The van der Waals surface area contributed by atoms with Gasteiger partial charge in [0.2, 0.25) is 0 Å². The van der Waals surface area contributed by atoms with Gasteiger partial charge in [-0.05, 0) is 17.7 Å². The molecular weight excluding hydrogens is 260 g/mol. The largest absolute Gasteiger partial charge is 0.480 e. The Kier molecular flexibility index (Phi) is 4.16. The van der Waals surface area contributed by atoms with Crippen LogP contribution in [0.3, 0.4) is 0 Å². The first-order chi connectivity index (χ1) is 9.22.